The molecule has 2 aromatic carbocycles. The number of carbonyl (C=O) groups excluding carboxylic acids is 1. The molecule has 1 heterocycles. The van der Waals surface area contributed by atoms with Crippen molar-refractivity contribution in [1.29, 1.82) is 0 Å². The number of aromatic nitrogens is 2. The fourth-order valence-corrected chi connectivity index (χ4v) is 2.80. The molecule has 5 heteroatoms. The van der Waals surface area contributed by atoms with Crippen LogP contribution in [-0.2, 0) is 17.8 Å². The molecule has 1 N–H and O–H groups in total. The topological polar surface area (TPSA) is 46.9 Å². The number of carbonyl (C=O) groups is 1. The van der Waals surface area contributed by atoms with E-state index in [4.69, 9.17) is 0 Å². The van der Waals surface area contributed by atoms with Crippen molar-refractivity contribution in [3.63, 3.8) is 0 Å². The summed E-state index contributed by atoms with van der Waals surface area (Å²) in [5.74, 6) is -0.349. The Balaban J connectivity index is 1.74. The molecule has 0 aliphatic heterocycles. The van der Waals surface area contributed by atoms with Gasteiger partial charge in [0.15, 0.2) is 0 Å². The Morgan fingerprint density at radius 1 is 1.08 bits per heavy atom. The van der Waals surface area contributed by atoms with E-state index < -0.39 is 0 Å². The summed E-state index contributed by atoms with van der Waals surface area (Å²) in [7, 11) is 0. The number of nitrogens with zero attached hydrogens (tertiary/aromatic N) is 2. The molecule has 1 aromatic heterocycles. The smallest absolute Gasteiger partial charge is 0.228 e. The van der Waals surface area contributed by atoms with E-state index in [1.165, 1.54) is 12.1 Å². The minimum atomic E-state index is -0.268. The van der Waals surface area contributed by atoms with Gasteiger partial charge in [0.1, 0.15) is 5.82 Å². The van der Waals surface area contributed by atoms with Gasteiger partial charge in [0.2, 0.25) is 5.91 Å². The normalized spacial score (nSPS) is 10.7. The average molecular weight is 337 g/mol. The Hall–Kier alpha value is -2.95. The van der Waals surface area contributed by atoms with E-state index in [0.717, 1.165) is 28.2 Å². The quantitative estimate of drug-likeness (QED) is 0.768. The van der Waals surface area contributed by atoms with Crippen molar-refractivity contribution in [2.75, 3.05) is 5.32 Å². The number of amides is 1. The van der Waals surface area contributed by atoms with E-state index in [9.17, 15) is 9.18 Å². The van der Waals surface area contributed by atoms with Crippen LogP contribution in [0.3, 0.4) is 0 Å². The van der Waals surface area contributed by atoms with Crippen LogP contribution in [0.2, 0.25) is 0 Å². The summed E-state index contributed by atoms with van der Waals surface area (Å²) < 4.78 is 15.1. The Morgan fingerprint density at radius 3 is 2.52 bits per heavy atom. The molecule has 3 rings (SSSR count). The highest BCUT2D eigenvalue weighted by Crippen LogP contribution is 2.21. The molecule has 0 saturated carbocycles. The lowest BCUT2D eigenvalue weighted by atomic mass is 10.1. The SMILES string of the molecule is Cc1nn(Cc2cccc(F)c2)c(C)c1NC(=O)Cc1ccccc1. The van der Waals surface area contributed by atoms with E-state index in [1.54, 1.807) is 10.7 Å². The number of benzene rings is 2. The number of hydrogen-bond donors (Lipinski definition) is 1. The van der Waals surface area contributed by atoms with Crippen LogP contribution in [0.4, 0.5) is 10.1 Å². The fraction of sp³-hybridized carbons (Fsp3) is 0.200. The van der Waals surface area contributed by atoms with Gasteiger partial charge < -0.3 is 5.32 Å². The molecule has 0 atom stereocenters. The number of anilines is 1. The zero-order valence-corrected chi connectivity index (χ0v) is 14.3. The van der Waals surface area contributed by atoms with Crippen molar-refractivity contribution >= 4 is 11.6 Å². The average Bonchev–Trinajstić information content (AvgIpc) is 2.83. The van der Waals surface area contributed by atoms with Crippen LogP contribution in [0.5, 0.6) is 0 Å². The molecule has 4 nitrogen and oxygen atoms in total. The highest BCUT2D eigenvalue weighted by molar-refractivity contribution is 5.93. The summed E-state index contributed by atoms with van der Waals surface area (Å²) in [4.78, 5) is 12.3. The molecule has 0 spiro atoms. The molecule has 3 aromatic rings. The van der Waals surface area contributed by atoms with Gasteiger partial charge in [-0.2, -0.15) is 5.10 Å². The van der Waals surface area contributed by atoms with Crippen molar-refractivity contribution in [1.82, 2.24) is 9.78 Å². The molecule has 1 amide bonds. The van der Waals surface area contributed by atoms with Crippen LogP contribution >= 0.6 is 0 Å². The molecule has 0 aliphatic carbocycles. The third-order valence-electron chi connectivity index (χ3n) is 4.07. The van der Waals surface area contributed by atoms with Crippen molar-refractivity contribution in [3.05, 3.63) is 82.9 Å². The van der Waals surface area contributed by atoms with Crippen LogP contribution in [0.25, 0.3) is 0 Å². The van der Waals surface area contributed by atoms with E-state index >= 15 is 0 Å². The Bertz CT molecular complexity index is 887. The second kappa shape index (κ2) is 7.30. The van der Waals surface area contributed by atoms with Crippen LogP contribution in [0.15, 0.2) is 54.6 Å². The number of halogens is 1. The van der Waals surface area contributed by atoms with E-state index in [2.05, 4.69) is 10.4 Å². The molecule has 0 saturated heterocycles. The molecule has 0 radical (unpaired) electrons. The zero-order chi connectivity index (χ0) is 17.8. The molecule has 0 bridgehead atoms. The van der Waals surface area contributed by atoms with Crippen LogP contribution in [0, 0.1) is 19.7 Å². The second-order valence-corrected chi connectivity index (χ2v) is 6.04. The Kier molecular flexibility index (Phi) is 4.93. The Morgan fingerprint density at radius 2 is 1.80 bits per heavy atom. The minimum Gasteiger partial charge on any atom is -0.323 e. The zero-order valence-electron chi connectivity index (χ0n) is 14.3. The van der Waals surface area contributed by atoms with Crippen molar-refractivity contribution in [2.45, 2.75) is 26.8 Å². The van der Waals surface area contributed by atoms with Crippen molar-refractivity contribution in [2.24, 2.45) is 0 Å². The molecular formula is C20H20FN3O. The third kappa shape index (κ3) is 4.12. The van der Waals surface area contributed by atoms with Crippen LogP contribution < -0.4 is 5.32 Å². The predicted molar refractivity (Wildman–Crippen MR) is 96.0 cm³/mol. The van der Waals surface area contributed by atoms with Gasteiger partial charge in [0, 0.05) is 0 Å². The van der Waals surface area contributed by atoms with E-state index in [-0.39, 0.29) is 11.7 Å². The van der Waals surface area contributed by atoms with E-state index in [0.29, 0.717) is 13.0 Å². The lowest BCUT2D eigenvalue weighted by Gasteiger charge is -2.08. The summed E-state index contributed by atoms with van der Waals surface area (Å²) in [6, 6.07) is 16.0. The van der Waals surface area contributed by atoms with E-state index in [1.807, 2.05) is 50.2 Å². The third-order valence-corrected chi connectivity index (χ3v) is 4.07. The first-order valence-electron chi connectivity index (χ1n) is 8.15. The first kappa shape index (κ1) is 16.9. The molecule has 128 valence electrons. The van der Waals surface area contributed by atoms with Crippen LogP contribution in [0.1, 0.15) is 22.5 Å². The number of hydrogen-bond acceptors (Lipinski definition) is 2. The van der Waals surface area contributed by atoms with Crippen molar-refractivity contribution < 1.29 is 9.18 Å². The largest absolute Gasteiger partial charge is 0.323 e. The second-order valence-electron chi connectivity index (χ2n) is 6.04. The van der Waals surface area contributed by atoms with Crippen molar-refractivity contribution in [3.8, 4) is 0 Å². The summed E-state index contributed by atoms with van der Waals surface area (Å²) in [6.45, 7) is 4.21. The lowest BCUT2D eigenvalue weighted by molar-refractivity contribution is -0.115. The van der Waals surface area contributed by atoms with Gasteiger partial charge >= 0.3 is 0 Å². The van der Waals surface area contributed by atoms with Gasteiger partial charge in [-0.05, 0) is 37.1 Å². The standard InChI is InChI=1S/C20H20FN3O/c1-14-20(22-19(25)12-16-7-4-3-5-8-16)15(2)24(23-14)13-17-9-6-10-18(21)11-17/h3-11H,12-13H2,1-2H3,(H,22,25). The van der Waals surface area contributed by atoms with Gasteiger partial charge in [-0.1, -0.05) is 42.5 Å². The van der Waals surface area contributed by atoms with Gasteiger partial charge in [-0.25, -0.2) is 4.39 Å². The summed E-state index contributed by atoms with van der Waals surface area (Å²) >= 11 is 0. The highest BCUT2D eigenvalue weighted by Gasteiger charge is 2.14. The van der Waals surface area contributed by atoms with Gasteiger partial charge in [0.25, 0.3) is 0 Å². The van der Waals surface area contributed by atoms with Crippen LogP contribution in [-0.4, -0.2) is 15.7 Å². The minimum absolute atomic E-state index is 0.0808. The maximum atomic E-state index is 13.3. The molecule has 25 heavy (non-hydrogen) atoms. The maximum Gasteiger partial charge on any atom is 0.228 e. The molecular weight excluding hydrogens is 317 g/mol. The van der Waals surface area contributed by atoms with Gasteiger partial charge in [0.05, 0.1) is 30.0 Å². The maximum absolute atomic E-state index is 13.3. The summed E-state index contributed by atoms with van der Waals surface area (Å²) in [6.07, 6.45) is 0.314. The molecule has 0 unspecified atom stereocenters. The fourth-order valence-electron chi connectivity index (χ4n) is 2.80. The number of aryl methyl sites for hydroxylation is 1. The molecule has 0 aliphatic rings. The first-order chi connectivity index (χ1) is 12.0. The highest BCUT2D eigenvalue weighted by atomic mass is 19.1. The predicted octanol–water partition coefficient (Wildman–Crippen LogP) is 3.87. The Labute approximate surface area is 146 Å². The monoisotopic (exact) mass is 337 g/mol. The van der Waals surface area contributed by atoms with Gasteiger partial charge in [-0.15, -0.1) is 0 Å². The summed E-state index contributed by atoms with van der Waals surface area (Å²) in [5, 5.41) is 7.42. The number of rotatable bonds is 5. The summed E-state index contributed by atoms with van der Waals surface area (Å²) in [5.41, 5.74) is 4.10. The molecule has 0 fully saturated rings. The lowest BCUT2D eigenvalue weighted by Crippen LogP contribution is -2.15. The van der Waals surface area contributed by atoms with Gasteiger partial charge in [-0.3, -0.25) is 9.48 Å². The first-order valence-corrected chi connectivity index (χ1v) is 8.15. The number of nitrogens with one attached hydrogen (secondary N) is 1.